The summed E-state index contributed by atoms with van der Waals surface area (Å²) in [7, 11) is 0. The third-order valence-electron chi connectivity index (χ3n) is 5.33. The standard InChI is InChI=1S/C23H20F2N8O/c1-3-16(29-20-15(10-26)19(27)31-23(28)32-20)21-30-17-6-4-5-11(2)18(17)22(34)33(21)14-8-12(24)7-13(25)9-14/h4-9,16H,3H2,1-2H3,(H5,27,28,29,31,32)/t16-/m0/s1. The number of benzene rings is 2. The minimum atomic E-state index is -0.846. The minimum Gasteiger partial charge on any atom is -0.382 e. The van der Waals surface area contributed by atoms with Gasteiger partial charge >= 0.3 is 0 Å². The van der Waals surface area contributed by atoms with E-state index >= 15 is 0 Å². The summed E-state index contributed by atoms with van der Waals surface area (Å²) in [4.78, 5) is 26.2. The second kappa shape index (κ2) is 8.74. The lowest BCUT2D eigenvalue weighted by molar-refractivity contribution is 0.578. The molecule has 9 nitrogen and oxygen atoms in total. The van der Waals surface area contributed by atoms with Crippen LogP contribution in [0.3, 0.4) is 0 Å². The monoisotopic (exact) mass is 462 g/mol. The molecule has 0 saturated heterocycles. The summed E-state index contributed by atoms with van der Waals surface area (Å²) in [6.45, 7) is 3.56. The Kier molecular flexibility index (Phi) is 5.81. The van der Waals surface area contributed by atoms with Crippen molar-refractivity contribution in [3.63, 3.8) is 0 Å². The molecule has 172 valence electrons. The van der Waals surface area contributed by atoms with Crippen LogP contribution in [-0.2, 0) is 0 Å². The van der Waals surface area contributed by atoms with Crippen molar-refractivity contribution in [2.24, 2.45) is 0 Å². The van der Waals surface area contributed by atoms with E-state index in [0.717, 1.165) is 22.8 Å². The van der Waals surface area contributed by atoms with E-state index in [4.69, 9.17) is 11.5 Å². The van der Waals surface area contributed by atoms with Gasteiger partial charge in [-0.15, -0.1) is 0 Å². The molecule has 0 spiro atoms. The van der Waals surface area contributed by atoms with E-state index in [2.05, 4.69) is 20.3 Å². The van der Waals surface area contributed by atoms with Crippen LogP contribution < -0.4 is 22.3 Å². The Morgan fingerprint density at radius 1 is 1.15 bits per heavy atom. The average Bonchev–Trinajstić information content (AvgIpc) is 2.76. The van der Waals surface area contributed by atoms with Crippen molar-refractivity contribution in [3.8, 4) is 11.8 Å². The zero-order chi connectivity index (χ0) is 24.6. The molecule has 2 heterocycles. The van der Waals surface area contributed by atoms with Gasteiger partial charge in [-0.25, -0.2) is 13.8 Å². The molecular formula is C23H20F2N8O. The number of aromatic nitrogens is 4. The van der Waals surface area contributed by atoms with E-state index < -0.39 is 23.2 Å². The highest BCUT2D eigenvalue weighted by atomic mass is 19.1. The van der Waals surface area contributed by atoms with Gasteiger partial charge < -0.3 is 16.8 Å². The molecule has 0 bridgehead atoms. The van der Waals surface area contributed by atoms with Crippen LogP contribution in [0.25, 0.3) is 16.6 Å². The van der Waals surface area contributed by atoms with Crippen LogP contribution in [0.15, 0.2) is 41.2 Å². The van der Waals surface area contributed by atoms with Crippen molar-refractivity contribution in [1.82, 2.24) is 19.5 Å². The number of nitrogen functional groups attached to an aromatic ring is 2. The molecule has 1 atom stereocenters. The summed E-state index contributed by atoms with van der Waals surface area (Å²) in [5.74, 6) is -1.74. The van der Waals surface area contributed by atoms with Gasteiger partial charge in [0.15, 0.2) is 5.82 Å². The number of anilines is 3. The first-order valence-electron chi connectivity index (χ1n) is 10.3. The minimum absolute atomic E-state index is 0.0300. The lowest BCUT2D eigenvalue weighted by atomic mass is 10.1. The van der Waals surface area contributed by atoms with Crippen LogP contribution in [0, 0.1) is 29.9 Å². The molecule has 0 amide bonds. The maximum absolute atomic E-state index is 14.1. The Balaban J connectivity index is 2.01. The Labute approximate surface area is 192 Å². The number of halogens is 2. The van der Waals surface area contributed by atoms with E-state index in [9.17, 15) is 18.8 Å². The first kappa shape index (κ1) is 22.6. The van der Waals surface area contributed by atoms with Crippen LogP contribution >= 0.6 is 0 Å². The molecule has 4 aromatic rings. The zero-order valence-electron chi connectivity index (χ0n) is 18.3. The van der Waals surface area contributed by atoms with Gasteiger partial charge in [0.25, 0.3) is 5.56 Å². The first-order chi connectivity index (χ1) is 16.2. The second-order valence-electron chi connectivity index (χ2n) is 7.61. The molecule has 0 radical (unpaired) electrons. The second-order valence-corrected chi connectivity index (χ2v) is 7.61. The fourth-order valence-corrected chi connectivity index (χ4v) is 3.79. The summed E-state index contributed by atoms with van der Waals surface area (Å²) in [6.07, 6.45) is 0.357. The lowest BCUT2D eigenvalue weighted by Crippen LogP contribution is -2.29. The van der Waals surface area contributed by atoms with Crippen molar-refractivity contribution >= 4 is 28.5 Å². The van der Waals surface area contributed by atoms with Gasteiger partial charge in [-0.1, -0.05) is 19.1 Å². The number of nitrogens with zero attached hydrogens (tertiary/aromatic N) is 5. The van der Waals surface area contributed by atoms with Crippen molar-refractivity contribution < 1.29 is 8.78 Å². The highest BCUT2D eigenvalue weighted by molar-refractivity contribution is 5.81. The molecule has 0 fully saturated rings. The molecule has 2 aromatic heterocycles. The van der Waals surface area contributed by atoms with Gasteiger partial charge in [-0.05, 0) is 37.1 Å². The van der Waals surface area contributed by atoms with Gasteiger partial charge in [-0.2, -0.15) is 15.2 Å². The number of hydrogen-bond donors (Lipinski definition) is 3. The maximum Gasteiger partial charge on any atom is 0.266 e. The third-order valence-corrected chi connectivity index (χ3v) is 5.33. The summed E-state index contributed by atoms with van der Waals surface area (Å²) >= 11 is 0. The smallest absolute Gasteiger partial charge is 0.266 e. The highest BCUT2D eigenvalue weighted by Crippen LogP contribution is 2.28. The van der Waals surface area contributed by atoms with Crippen LogP contribution in [0.4, 0.5) is 26.4 Å². The SMILES string of the molecule is CC[C@H](Nc1nc(N)nc(N)c1C#N)c1nc2cccc(C)c2c(=O)n1-c1cc(F)cc(F)c1. The van der Waals surface area contributed by atoms with E-state index in [1.165, 1.54) is 0 Å². The van der Waals surface area contributed by atoms with E-state index in [1.807, 2.05) is 6.07 Å². The number of fused-ring (bicyclic) bond motifs is 1. The summed E-state index contributed by atoms with van der Waals surface area (Å²) < 4.78 is 29.4. The van der Waals surface area contributed by atoms with Gasteiger partial charge in [0.2, 0.25) is 5.95 Å². The van der Waals surface area contributed by atoms with Crippen LogP contribution in [-0.4, -0.2) is 19.5 Å². The molecule has 2 aromatic carbocycles. The van der Waals surface area contributed by atoms with Gasteiger partial charge in [0.1, 0.15) is 34.9 Å². The number of nitrogens with one attached hydrogen (secondary N) is 1. The lowest BCUT2D eigenvalue weighted by Gasteiger charge is -2.23. The van der Waals surface area contributed by atoms with Gasteiger partial charge in [-0.3, -0.25) is 9.36 Å². The van der Waals surface area contributed by atoms with Crippen molar-refractivity contribution in [2.75, 3.05) is 16.8 Å². The molecule has 0 aliphatic carbocycles. The Morgan fingerprint density at radius 3 is 2.50 bits per heavy atom. The third kappa shape index (κ3) is 3.97. The fraction of sp³-hybridized carbons (Fsp3) is 0.174. The van der Waals surface area contributed by atoms with Crippen LogP contribution in [0.2, 0.25) is 0 Å². The molecule has 0 aliphatic heterocycles. The van der Waals surface area contributed by atoms with Crippen molar-refractivity contribution in [3.05, 3.63) is 75.3 Å². The summed E-state index contributed by atoms with van der Waals surface area (Å²) in [5, 5.41) is 12.9. The molecule has 34 heavy (non-hydrogen) atoms. The van der Waals surface area contributed by atoms with Crippen LogP contribution in [0.5, 0.6) is 0 Å². The first-order valence-corrected chi connectivity index (χ1v) is 10.3. The molecular weight excluding hydrogens is 442 g/mol. The highest BCUT2D eigenvalue weighted by Gasteiger charge is 2.24. The van der Waals surface area contributed by atoms with Crippen molar-refractivity contribution in [1.29, 1.82) is 5.26 Å². The van der Waals surface area contributed by atoms with E-state index in [0.29, 0.717) is 22.9 Å². The number of nitrogens with two attached hydrogens (primary N) is 2. The van der Waals surface area contributed by atoms with E-state index in [-0.39, 0.29) is 34.7 Å². The Morgan fingerprint density at radius 2 is 1.85 bits per heavy atom. The molecule has 0 aliphatic rings. The normalized spacial score (nSPS) is 11.9. The topological polar surface area (TPSA) is 149 Å². The number of hydrogen-bond acceptors (Lipinski definition) is 8. The number of nitriles is 1. The molecule has 4 rings (SSSR count). The van der Waals surface area contributed by atoms with Crippen molar-refractivity contribution in [2.45, 2.75) is 26.3 Å². The Hall–Kier alpha value is -4.59. The number of rotatable bonds is 5. The predicted octanol–water partition coefficient (Wildman–Crippen LogP) is 3.36. The predicted molar refractivity (Wildman–Crippen MR) is 124 cm³/mol. The zero-order valence-corrected chi connectivity index (χ0v) is 18.3. The molecule has 0 unspecified atom stereocenters. The van der Waals surface area contributed by atoms with Crippen LogP contribution in [0.1, 0.15) is 36.3 Å². The summed E-state index contributed by atoms with van der Waals surface area (Å²) in [6, 6.07) is 9.21. The molecule has 0 saturated carbocycles. The maximum atomic E-state index is 14.1. The largest absolute Gasteiger partial charge is 0.382 e. The van der Waals surface area contributed by atoms with Gasteiger partial charge in [0.05, 0.1) is 22.6 Å². The van der Waals surface area contributed by atoms with Gasteiger partial charge in [0, 0.05) is 6.07 Å². The molecule has 11 heteroatoms. The Bertz CT molecular complexity index is 1510. The average molecular weight is 462 g/mol. The van der Waals surface area contributed by atoms with E-state index in [1.54, 1.807) is 32.0 Å². The molecule has 5 N–H and O–H groups in total. The fourth-order valence-electron chi connectivity index (χ4n) is 3.79. The quantitative estimate of drug-likeness (QED) is 0.409. The number of aryl methyl sites for hydroxylation is 1. The summed E-state index contributed by atoms with van der Waals surface area (Å²) in [5.41, 5.74) is 12.0.